The van der Waals surface area contributed by atoms with Crippen molar-refractivity contribution in [1.29, 1.82) is 0 Å². The van der Waals surface area contributed by atoms with Crippen molar-refractivity contribution >= 4 is 6.09 Å². The van der Waals surface area contributed by atoms with E-state index in [4.69, 9.17) is 10.2 Å². The highest BCUT2D eigenvalue weighted by atomic mass is 16.4. The molecule has 1 fully saturated rings. The van der Waals surface area contributed by atoms with Gasteiger partial charge in [-0.2, -0.15) is 0 Å². The molecule has 1 aliphatic carbocycles. The summed E-state index contributed by atoms with van der Waals surface area (Å²) in [5.74, 6) is 0. The van der Waals surface area contributed by atoms with Crippen molar-refractivity contribution in [2.24, 2.45) is 0 Å². The topological polar surface area (TPSA) is 89.8 Å². The first kappa shape index (κ1) is 8.29. The zero-order chi connectivity index (χ0) is 8.48. The van der Waals surface area contributed by atoms with Crippen LogP contribution in [0.5, 0.6) is 0 Å². The smallest absolute Gasteiger partial charge is 0.404 e. The molecular weight excluding hydrogens is 150 g/mol. The predicted molar refractivity (Wildman–Crippen MR) is 36.2 cm³/mol. The van der Waals surface area contributed by atoms with Gasteiger partial charge in [0.05, 0.1) is 12.2 Å². The summed E-state index contributed by atoms with van der Waals surface area (Å²) in [4.78, 5) is 10.0. The maximum absolute atomic E-state index is 10.0. The van der Waals surface area contributed by atoms with Gasteiger partial charge in [-0.05, 0) is 12.8 Å². The number of amides is 1. The molecule has 4 N–H and O–H groups in total. The fourth-order valence-corrected chi connectivity index (χ4v) is 1.26. The van der Waals surface area contributed by atoms with Crippen LogP contribution in [0.3, 0.4) is 0 Å². The standard InChI is InChI=1S/C6H11NO4/c8-3-6(11)1-4(2-6)7-5(9)10/h4,7-8,11H,1-3H2,(H,9,10)/t4-,6-. The molecule has 0 aromatic heterocycles. The Morgan fingerprint density at radius 1 is 1.64 bits per heavy atom. The number of aliphatic hydroxyl groups is 2. The van der Waals surface area contributed by atoms with Crippen molar-refractivity contribution in [3.05, 3.63) is 0 Å². The van der Waals surface area contributed by atoms with Crippen molar-refractivity contribution in [3.8, 4) is 0 Å². The zero-order valence-electron chi connectivity index (χ0n) is 5.95. The average molecular weight is 161 g/mol. The van der Waals surface area contributed by atoms with Crippen LogP contribution in [-0.4, -0.2) is 39.7 Å². The van der Waals surface area contributed by atoms with E-state index in [-0.39, 0.29) is 12.6 Å². The van der Waals surface area contributed by atoms with Crippen LogP contribution in [0, 0.1) is 0 Å². The first-order valence-electron chi connectivity index (χ1n) is 3.38. The van der Waals surface area contributed by atoms with Crippen molar-refractivity contribution < 1.29 is 20.1 Å². The highest BCUT2D eigenvalue weighted by molar-refractivity contribution is 5.65. The molecule has 0 aliphatic heterocycles. The lowest BCUT2D eigenvalue weighted by Crippen LogP contribution is -2.56. The lowest BCUT2D eigenvalue weighted by molar-refractivity contribution is -0.0900. The molecule has 5 heteroatoms. The highest BCUT2D eigenvalue weighted by Gasteiger charge is 2.42. The lowest BCUT2D eigenvalue weighted by atomic mass is 9.76. The van der Waals surface area contributed by atoms with Gasteiger partial charge in [0.2, 0.25) is 0 Å². The second kappa shape index (κ2) is 2.67. The predicted octanol–water partition coefficient (Wildman–Crippen LogP) is -0.860. The molecule has 0 spiro atoms. The van der Waals surface area contributed by atoms with Gasteiger partial charge in [-0.1, -0.05) is 0 Å². The molecule has 0 radical (unpaired) electrons. The van der Waals surface area contributed by atoms with E-state index >= 15 is 0 Å². The van der Waals surface area contributed by atoms with Crippen molar-refractivity contribution in [1.82, 2.24) is 5.32 Å². The molecule has 0 heterocycles. The molecule has 0 aromatic carbocycles. The molecule has 0 aromatic rings. The Bertz CT molecular complexity index is 164. The molecule has 1 rings (SSSR count). The molecule has 1 amide bonds. The van der Waals surface area contributed by atoms with E-state index in [1.807, 2.05) is 0 Å². The summed E-state index contributed by atoms with van der Waals surface area (Å²) in [6, 6.07) is -0.204. The van der Waals surface area contributed by atoms with E-state index < -0.39 is 11.7 Å². The summed E-state index contributed by atoms with van der Waals surface area (Å²) in [5, 5.41) is 28.2. The Hall–Kier alpha value is -0.810. The molecule has 0 saturated heterocycles. The normalized spacial score (nSPS) is 36.0. The van der Waals surface area contributed by atoms with Crippen LogP contribution >= 0.6 is 0 Å². The second-order valence-electron chi connectivity index (χ2n) is 2.94. The van der Waals surface area contributed by atoms with Crippen LogP contribution in [0.25, 0.3) is 0 Å². The molecule has 1 aliphatic rings. The minimum atomic E-state index is -1.09. The quantitative estimate of drug-likeness (QED) is 0.424. The van der Waals surface area contributed by atoms with Gasteiger partial charge in [0.15, 0.2) is 0 Å². The summed E-state index contributed by atoms with van der Waals surface area (Å²) in [6.07, 6.45) is -0.485. The van der Waals surface area contributed by atoms with Gasteiger partial charge in [-0.25, -0.2) is 4.79 Å². The first-order valence-corrected chi connectivity index (χ1v) is 3.38. The monoisotopic (exact) mass is 161 g/mol. The molecular formula is C6H11NO4. The summed E-state index contributed by atoms with van der Waals surface area (Å²) in [6.45, 7) is -0.301. The minimum Gasteiger partial charge on any atom is -0.465 e. The second-order valence-corrected chi connectivity index (χ2v) is 2.94. The molecule has 0 bridgehead atoms. The van der Waals surface area contributed by atoms with Crippen LogP contribution in [-0.2, 0) is 0 Å². The molecule has 64 valence electrons. The van der Waals surface area contributed by atoms with Crippen LogP contribution in [0.2, 0.25) is 0 Å². The number of aliphatic hydroxyl groups excluding tert-OH is 1. The summed E-state index contributed by atoms with van der Waals surface area (Å²) in [5.41, 5.74) is -1.05. The Balaban J connectivity index is 2.23. The van der Waals surface area contributed by atoms with E-state index in [1.165, 1.54) is 0 Å². The van der Waals surface area contributed by atoms with E-state index in [0.29, 0.717) is 12.8 Å². The molecule has 1 saturated carbocycles. The Kier molecular flexibility index (Phi) is 2.01. The Morgan fingerprint density at radius 2 is 2.18 bits per heavy atom. The number of hydrogen-bond acceptors (Lipinski definition) is 3. The van der Waals surface area contributed by atoms with Gasteiger partial charge in [-0.3, -0.25) is 0 Å². The molecule has 11 heavy (non-hydrogen) atoms. The Labute approximate surface area is 63.7 Å². The minimum absolute atomic E-state index is 0.204. The third kappa shape index (κ3) is 1.81. The van der Waals surface area contributed by atoms with Gasteiger partial charge in [0.1, 0.15) is 0 Å². The average Bonchev–Trinajstić information content (AvgIpc) is 1.83. The number of hydrogen-bond donors (Lipinski definition) is 4. The third-order valence-corrected chi connectivity index (χ3v) is 1.87. The lowest BCUT2D eigenvalue weighted by Gasteiger charge is -2.41. The molecule has 0 atom stereocenters. The fraction of sp³-hybridized carbons (Fsp3) is 0.833. The zero-order valence-corrected chi connectivity index (χ0v) is 5.95. The number of rotatable bonds is 2. The van der Waals surface area contributed by atoms with Crippen molar-refractivity contribution in [2.75, 3.05) is 6.61 Å². The van der Waals surface area contributed by atoms with Crippen molar-refractivity contribution in [3.63, 3.8) is 0 Å². The summed E-state index contributed by atoms with van der Waals surface area (Å²) >= 11 is 0. The number of carboxylic acid groups (broad SMARTS) is 1. The third-order valence-electron chi connectivity index (χ3n) is 1.87. The van der Waals surface area contributed by atoms with Gasteiger partial charge in [-0.15, -0.1) is 0 Å². The van der Waals surface area contributed by atoms with Crippen LogP contribution in [0.4, 0.5) is 4.79 Å². The molecule has 0 unspecified atom stereocenters. The number of carbonyl (C=O) groups is 1. The number of nitrogens with one attached hydrogen (secondary N) is 1. The fourth-order valence-electron chi connectivity index (χ4n) is 1.26. The van der Waals surface area contributed by atoms with Gasteiger partial charge in [0.25, 0.3) is 0 Å². The van der Waals surface area contributed by atoms with Gasteiger partial charge in [0, 0.05) is 6.04 Å². The van der Waals surface area contributed by atoms with Crippen LogP contribution in [0.1, 0.15) is 12.8 Å². The summed E-state index contributed by atoms with van der Waals surface area (Å²) in [7, 11) is 0. The van der Waals surface area contributed by atoms with E-state index in [1.54, 1.807) is 0 Å². The maximum Gasteiger partial charge on any atom is 0.404 e. The Morgan fingerprint density at radius 3 is 2.55 bits per heavy atom. The summed E-state index contributed by atoms with van der Waals surface area (Å²) < 4.78 is 0. The van der Waals surface area contributed by atoms with Gasteiger partial charge >= 0.3 is 6.09 Å². The first-order chi connectivity index (χ1) is 5.06. The van der Waals surface area contributed by atoms with E-state index in [0.717, 1.165) is 0 Å². The molecule has 5 nitrogen and oxygen atoms in total. The van der Waals surface area contributed by atoms with E-state index in [9.17, 15) is 9.90 Å². The van der Waals surface area contributed by atoms with Crippen molar-refractivity contribution in [2.45, 2.75) is 24.5 Å². The van der Waals surface area contributed by atoms with Gasteiger partial charge < -0.3 is 20.6 Å². The maximum atomic E-state index is 10.0. The van der Waals surface area contributed by atoms with Crippen LogP contribution in [0.15, 0.2) is 0 Å². The van der Waals surface area contributed by atoms with Crippen LogP contribution < -0.4 is 5.32 Å². The largest absolute Gasteiger partial charge is 0.465 e. The SMILES string of the molecule is O=C(O)N[C@H]1C[C@@](O)(CO)C1. The van der Waals surface area contributed by atoms with E-state index in [2.05, 4.69) is 5.32 Å². The highest BCUT2D eigenvalue weighted by Crippen LogP contribution is 2.31.